The van der Waals surface area contributed by atoms with Crippen molar-refractivity contribution in [3.63, 3.8) is 0 Å². The number of hydrogen-bond acceptors (Lipinski definition) is 3. The van der Waals surface area contributed by atoms with Gasteiger partial charge < -0.3 is 10.2 Å². The lowest BCUT2D eigenvalue weighted by Crippen LogP contribution is -2.59. The maximum atomic E-state index is 3.70. The third kappa shape index (κ3) is 2.71. The van der Waals surface area contributed by atoms with Gasteiger partial charge in [-0.3, -0.25) is 4.90 Å². The Bertz CT molecular complexity index is 203. The number of hydrogen-bond donors (Lipinski definition) is 1. The largest absolute Gasteiger partial charge is 0.312 e. The fraction of sp³-hybridized carbons (Fsp3) is 1.00. The van der Waals surface area contributed by atoms with Crippen molar-refractivity contribution in [2.45, 2.75) is 31.8 Å². The molecule has 1 saturated heterocycles. The summed E-state index contributed by atoms with van der Waals surface area (Å²) in [4.78, 5) is 5.02. The first-order valence-corrected chi connectivity index (χ1v) is 6.34. The predicted octanol–water partition coefficient (Wildman–Crippen LogP) is 0.620. The highest BCUT2D eigenvalue weighted by molar-refractivity contribution is 4.97. The molecule has 0 bridgehead atoms. The Labute approximate surface area is 93.8 Å². The van der Waals surface area contributed by atoms with E-state index >= 15 is 0 Å². The zero-order valence-corrected chi connectivity index (χ0v) is 10.4. The second kappa shape index (κ2) is 4.81. The Morgan fingerprint density at radius 3 is 2.60 bits per heavy atom. The number of nitrogens with zero attached hydrogens (tertiary/aromatic N) is 2. The first-order chi connectivity index (χ1) is 7.22. The molecule has 2 rings (SSSR count). The topological polar surface area (TPSA) is 18.5 Å². The summed E-state index contributed by atoms with van der Waals surface area (Å²) in [7, 11) is 4.53. The molecule has 1 N–H and O–H groups in total. The van der Waals surface area contributed by atoms with Gasteiger partial charge in [0.2, 0.25) is 0 Å². The molecule has 0 radical (unpaired) electrons. The van der Waals surface area contributed by atoms with Crippen molar-refractivity contribution in [2.24, 2.45) is 5.92 Å². The molecule has 0 aromatic carbocycles. The zero-order valence-electron chi connectivity index (χ0n) is 10.4. The monoisotopic (exact) mass is 211 g/mol. The van der Waals surface area contributed by atoms with Crippen LogP contribution in [0.15, 0.2) is 0 Å². The molecule has 0 spiro atoms. The van der Waals surface area contributed by atoms with Crippen LogP contribution in [0.5, 0.6) is 0 Å². The highest BCUT2D eigenvalue weighted by atomic mass is 15.3. The van der Waals surface area contributed by atoms with E-state index in [1.807, 2.05) is 0 Å². The molecule has 1 aliphatic carbocycles. The number of nitrogens with one attached hydrogen (secondary N) is 1. The second-order valence-corrected chi connectivity index (χ2v) is 5.23. The molecule has 0 aromatic rings. The van der Waals surface area contributed by atoms with Crippen LogP contribution in [0.1, 0.15) is 19.8 Å². The van der Waals surface area contributed by atoms with Crippen molar-refractivity contribution in [2.75, 3.05) is 40.3 Å². The van der Waals surface area contributed by atoms with Crippen molar-refractivity contribution < 1.29 is 0 Å². The van der Waals surface area contributed by atoms with Gasteiger partial charge in [0, 0.05) is 31.7 Å². The molecular weight excluding hydrogens is 186 g/mol. The first kappa shape index (κ1) is 11.4. The lowest BCUT2D eigenvalue weighted by atomic mass is 9.99. The summed E-state index contributed by atoms with van der Waals surface area (Å²) in [6.07, 6.45) is 2.87. The van der Waals surface area contributed by atoms with Crippen LogP contribution >= 0.6 is 0 Å². The standard InChI is InChI=1S/C12H25N3/c1-4-13-12(10-5-6-10)11-9-14(2)7-8-15(11)3/h10-13H,4-9H2,1-3H3. The van der Waals surface area contributed by atoms with E-state index in [9.17, 15) is 0 Å². The predicted molar refractivity (Wildman–Crippen MR) is 64.1 cm³/mol. The third-order valence-corrected chi connectivity index (χ3v) is 3.88. The number of piperazine rings is 1. The van der Waals surface area contributed by atoms with E-state index in [1.165, 1.54) is 32.5 Å². The van der Waals surface area contributed by atoms with Gasteiger partial charge in [0.1, 0.15) is 0 Å². The molecule has 1 aliphatic heterocycles. The molecule has 1 saturated carbocycles. The first-order valence-electron chi connectivity index (χ1n) is 6.34. The van der Waals surface area contributed by atoms with Crippen molar-refractivity contribution in [3.8, 4) is 0 Å². The van der Waals surface area contributed by atoms with Crippen LogP contribution in [-0.2, 0) is 0 Å². The van der Waals surface area contributed by atoms with E-state index in [1.54, 1.807) is 0 Å². The maximum absolute atomic E-state index is 3.70. The summed E-state index contributed by atoms with van der Waals surface area (Å²) in [6.45, 7) is 6.99. The minimum absolute atomic E-state index is 0.719. The fourth-order valence-corrected chi connectivity index (χ4v) is 2.74. The molecule has 2 fully saturated rings. The zero-order chi connectivity index (χ0) is 10.8. The van der Waals surface area contributed by atoms with Crippen LogP contribution in [0.3, 0.4) is 0 Å². The summed E-state index contributed by atoms with van der Waals surface area (Å²) in [6, 6.07) is 1.44. The van der Waals surface area contributed by atoms with Gasteiger partial charge in [-0.2, -0.15) is 0 Å². The molecule has 88 valence electrons. The number of likely N-dealkylation sites (N-methyl/N-ethyl adjacent to an activating group) is 3. The smallest absolute Gasteiger partial charge is 0.0376 e. The lowest BCUT2D eigenvalue weighted by molar-refractivity contribution is 0.0822. The van der Waals surface area contributed by atoms with Crippen LogP contribution in [0.2, 0.25) is 0 Å². The molecule has 2 atom stereocenters. The lowest BCUT2D eigenvalue weighted by Gasteiger charge is -2.42. The third-order valence-electron chi connectivity index (χ3n) is 3.88. The van der Waals surface area contributed by atoms with Crippen molar-refractivity contribution >= 4 is 0 Å². The SMILES string of the molecule is CCNC(C1CC1)C1CN(C)CCN1C. The molecule has 2 unspecified atom stereocenters. The fourth-order valence-electron chi connectivity index (χ4n) is 2.74. The van der Waals surface area contributed by atoms with Crippen LogP contribution in [0.4, 0.5) is 0 Å². The van der Waals surface area contributed by atoms with Crippen LogP contribution in [0, 0.1) is 5.92 Å². The van der Waals surface area contributed by atoms with Gasteiger partial charge in [-0.25, -0.2) is 0 Å². The second-order valence-electron chi connectivity index (χ2n) is 5.23. The Balaban J connectivity index is 1.97. The van der Waals surface area contributed by atoms with Crippen LogP contribution in [0.25, 0.3) is 0 Å². The van der Waals surface area contributed by atoms with E-state index in [-0.39, 0.29) is 0 Å². The Morgan fingerprint density at radius 2 is 2.00 bits per heavy atom. The molecule has 0 amide bonds. The van der Waals surface area contributed by atoms with Gasteiger partial charge in [0.15, 0.2) is 0 Å². The summed E-state index contributed by atoms with van der Waals surface area (Å²) >= 11 is 0. The van der Waals surface area contributed by atoms with E-state index in [0.29, 0.717) is 0 Å². The number of rotatable bonds is 4. The maximum Gasteiger partial charge on any atom is 0.0376 e. The van der Waals surface area contributed by atoms with E-state index in [2.05, 4.69) is 36.1 Å². The van der Waals surface area contributed by atoms with Gasteiger partial charge in [-0.1, -0.05) is 6.92 Å². The highest BCUT2D eigenvalue weighted by Crippen LogP contribution is 2.35. The summed E-state index contributed by atoms with van der Waals surface area (Å²) in [5, 5.41) is 3.70. The summed E-state index contributed by atoms with van der Waals surface area (Å²) < 4.78 is 0. The molecular formula is C12H25N3. The Morgan fingerprint density at radius 1 is 1.27 bits per heavy atom. The normalized spacial score (nSPS) is 31.8. The summed E-state index contributed by atoms with van der Waals surface area (Å²) in [5.74, 6) is 0.948. The van der Waals surface area contributed by atoms with Gasteiger partial charge in [-0.05, 0) is 39.4 Å². The molecule has 2 aliphatic rings. The van der Waals surface area contributed by atoms with Crippen molar-refractivity contribution in [1.82, 2.24) is 15.1 Å². The van der Waals surface area contributed by atoms with Crippen molar-refractivity contribution in [1.29, 1.82) is 0 Å². The van der Waals surface area contributed by atoms with Crippen LogP contribution in [-0.4, -0.2) is 62.2 Å². The molecule has 3 heteroatoms. The van der Waals surface area contributed by atoms with E-state index < -0.39 is 0 Å². The van der Waals surface area contributed by atoms with E-state index in [4.69, 9.17) is 0 Å². The minimum atomic E-state index is 0.719. The minimum Gasteiger partial charge on any atom is -0.312 e. The van der Waals surface area contributed by atoms with Gasteiger partial charge >= 0.3 is 0 Å². The van der Waals surface area contributed by atoms with E-state index in [0.717, 1.165) is 24.5 Å². The molecule has 15 heavy (non-hydrogen) atoms. The molecule has 3 nitrogen and oxygen atoms in total. The molecule has 1 heterocycles. The average molecular weight is 211 g/mol. The summed E-state index contributed by atoms with van der Waals surface area (Å²) in [5.41, 5.74) is 0. The Hall–Kier alpha value is -0.120. The highest BCUT2D eigenvalue weighted by Gasteiger charge is 2.39. The quantitative estimate of drug-likeness (QED) is 0.735. The van der Waals surface area contributed by atoms with Crippen molar-refractivity contribution in [3.05, 3.63) is 0 Å². The Kier molecular flexibility index (Phi) is 3.65. The van der Waals surface area contributed by atoms with Gasteiger partial charge in [0.05, 0.1) is 0 Å². The van der Waals surface area contributed by atoms with Crippen LogP contribution < -0.4 is 5.32 Å². The van der Waals surface area contributed by atoms with Gasteiger partial charge in [0.25, 0.3) is 0 Å². The average Bonchev–Trinajstić information content (AvgIpc) is 3.02. The van der Waals surface area contributed by atoms with Gasteiger partial charge in [-0.15, -0.1) is 0 Å². The molecule has 0 aromatic heterocycles.